The van der Waals surface area contributed by atoms with Crippen LogP contribution in [0.3, 0.4) is 0 Å². The van der Waals surface area contributed by atoms with Crippen LogP contribution in [0.5, 0.6) is 5.75 Å². The molecule has 0 aromatic carbocycles. The number of hydrogen-bond donors (Lipinski definition) is 2. The van der Waals surface area contributed by atoms with Gasteiger partial charge < -0.3 is 19.9 Å². The molecule has 2 atom stereocenters. The van der Waals surface area contributed by atoms with E-state index in [1.54, 1.807) is 0 Å². The average molecular weight is 502 g/mol. The number of pyridine rings is 1. The maximum atomic E-state index is 13.6. The lowest BCUT2D eigenvalue weighted by atomic mass is 9.87. The summed E-state index contributed by atoms with van der Waals surface area (Å²) in [4.78, 5) is 26.3. The number of rotatable bonds is 11. The average Bonchev–Trinajstić information content (AvgIpc) is 2.81. The molecule has 13 heteroatoms. The van der Waals surface area contributed by atoms with Crippen molar-refractivity contribution in [2.75, 3.05) is 20.2 Å². The van der Waals surface area contributed by atoms with Crippen molar-refractivity contribution in [2.45, 2.75) is 57.9 Å². The first-order chi connectivity index (χ1) is 16.5. The second-order valence-corrected chi connectivity index (χ2v) is 8.06. The lowest BCUT2D eigenvalue weighted by Crippen LogP contribution is -2.30. The molecule has 2 rings (SSSR count). The first-order valence-corrected chi connectivity index (χ1v) is 11.2. The molecule has 1 aliphatic carbocycles. The Morgan fingerprint density at radius 1 is 1.34 bits per heavy atom. The summed E-state index contributed by atoms with van der Waals surface area (Å²) in [5.74, 6) is -2.06. The maximum Gasteiger partial charge on any atom is 0.437 e. The molecule has 1 heterocycles. The molecule has 0 unspecified atom stereocenters. The number of nitrogens with one attached hydrogen (secondary N) is 1. The van der Waals surface area contributed by atoms with Crippen LogP contribution in [0.15, 0.2) is 34.7 Å². The van der Waals surface area contributed by atoms with Gasteiger partial charge in [0, 0.05) is 7.05 Å². The lowest BCUT2D eigenvalue weighted by Gasteiger charge is -2.28. The monoisotopic (exact) mass is 501 g/mol. The highest BCUT2D eigenvalue weighted by Crippen LogP contribution is 2.37. The van der Waals surface area contributed by atoms with E-state index >= 15 is 0 Å². The minimum Gasteiger partial charge on any atom is -0.488 e. The predicted molar refractivity (Wildman–Crippen MR) is 118 cm³/mol. The van der Waals surface area contributed by atoms with Crippen molar-refractivity contribution in [3.05, 3.63) is 35.8 Å². The van der Waals surface area contributed by atoms with Gasteiger partial charge in [0.15, 0.2) is 11.4 Å². The molecule has 1 aliphatic rings. The minimum absolute atomic E-state index is 0.0146. The SMILES string of the molecule is C=C(CNC(=O)OCCC)N(C)/N=N\Cc1ccc(O[C@H]2CCC[C@H](C(=O)O)C2)c(C(F)(F)F)n1. The fourth-order valence-corrected chi connectivity index (χ4v) is 3.33. The third-order valence-corrected chi connectivity index (χ3v) is 5.22. The molecule has 1 aromatic heterocycles. The van der Waals surface area contributed by atoms with Gasteiger partial charge in [-0.3, -0.25) is 9.80 Å². The minimum atomic E-state index is -4.77. The van der Waals surface area contributed by atoms with E-state index in [0.717, 1.165) is 0 Å². The van der Waals surface area contributed by atoms with Crippen LogP contribution in [0.4, 0.5) is 18.0 Å². The Morgan fingerprint density at radius 3 is 2.74 bits per heavy atom. The number of halogens is 3. The molecule has 0 aliphatic heterocycles. The Bertz CT molecular complexity index is 925. The smallest absolute Gasteiger partial charge is 0.437 e. The molecule has 1 amide bonds. The van der Waals surface area contributed by atoms with E-state index in [0.29, 0.717) is 31.4 Å². The zero-order valence-corrected chi connectivity index (χ0v) is 19.7. The third-order valence-electron chi connectivity index (χ3n) is 5.22. The van der Waals surface area contributed by atoms with Crippen molar-refractivity contribution < 1.29 is 37.3 Å². The summed E-state index contributed by atoms with van der Waals surface area (Å²) < 4.78 is 51.2. The van der Waals surface area contributed by atoms with Crippen LogP contribution in [0, 0.1) is 5.92 Å². The highest BCUT2D eigenvalue weighted by molar-refractivity contribution is 5.70. The van der Waals surface area contributed by atoms with E-state index in [1.807, 2.05) is 6.92 Å². The first kappa shape index (κ1) is 27.9. The van der Waals surface area contributed by atoms with Gasteiger partial charge in [-0.25, -0.2) is 9.78 Å². The van der Waals surface area contributed by atoms with Crippen molar-refractivity contribution in [1.29, 1.82) is 0 Å². The fraction of sp³-hybridized carbons (Fsp3) is 0.591. The second-order valence-electron chi connectivity index (χ2n) is 8.06. The summed E-state index contributed by atoms with van der Waals surface area (Å²) in [5.41, 5.74) is -0.807. The van der Waals surface area contributed by atoms with Crippen molar-refractivity contribution >= 4 is 12.1 Å². The molecular formula is C22H30F3N5O5. The maximum absolute atomic E-state index is 13.6. The van der Waals surface area contributed by atoms with E-state index in [2.05, 4.69) is 27.2 Å². The van der Waals surface area contributed by atoms with E-state index in [1.165, 1.54) is 24.2 Å². The number of nitrogens with zero attached hydrogens (tertiary/aromatic N) is 4. The van der Waals surface area contributed by atoms with Crippen molar-refractivity contribution in [1.82, 2.24) is 15.3 Å². The molecule has 2 N–H and O–H groups in total. The van der Waals surface area contributed by atoms with Crippen LogP contribution in [-0.4, -0.2) is 53.5 Å². The lowest BCUT2D eigenvalue weighted by molar-refractivity contribution is -0.146. The van der Waals surface area contributed by atoms with Crippen molar-refractivity contribution in [3.8, 4) is 5.75 Å². The summed E-state index contributed by atoms with van der Waals surface area (Å²) in [7, 11) is 1.52. The Balaban J connectivity index is 1.99. The van der Waals surface area contributed by atoms with Gasteiger partial charge in [0.05, 0.1) is 36.6 Å². The van der Waals surface area contributed by atoms with E-state index in [9.17, 15) is 27.9 Å². The highest BCUT2D eigenvalue weighted by Gasteiger charge is 2.38. The van der Waals surface area contributed by atoms with E-state index in [-0.39, 0.29) is 31.8 Å². The standard InChI is InChI=1S/C22H30F3N5O5/c1-4-10-34-21(33)26-12-14(2)30(3)29-27-13-16-8-9-18(19(28-16)22(23,24)25)35-17-7-5-6-15(11-17)20(31)32/h8-9,15,17H,2,4-7,10-13H2,1,3H3,(H,26,33)(H,31,32)/b29-27-/t15-,17-/m0/s1. The number of aromatic nitrogens is 1. The van der Waals surface area contributed by atoms with Gasteiger partial charge in [-0.1, -0.05) is 18.7 Å². The van der Waals surface area contributed by atoms with Gasteiger partial charge in [0.25, 0.3) is 0 Å². The number of carbonyl (C=O) groups excluding carboxylic acids is 1. The van der Waals surface area contributed by atoms with Gasteiger partial charge in [-0.2, -0.15) is 18.3 Å². The normalized spacial score (nSPS) is 18.2. The number of amides is 1. The molecular weight excluding hydrogens is 471 g/mol. The predicted octanol–water partition coefficient (Wildman–Crippen LogP) is 4.57. The van der Waals surface area contributed by atoms with E-state index < -0.39 is 41.7 Å². The van der Waals surface area contributed by atoms with Gasteiger partial charge in [0.1, 0.15) is 6.54 Å². The van der Waals surface area contributed by atoms with Crippen LogP contribution in [-0.2, 0) is 22.3 Å². The van der Waals surface area contributed by atoms with Crippen LogP contribution in [0.2, 0.25) is 0 Å². The molecule has 1 saturated carbocycles. The van der Waals surface area contributed by atoms with Crippen molar-refractivity contribution in [3.63, 3.8) is 0 Å². The molecule has 1 fully saturated rings. The number of carboxylic acids is 1. The number of hydrogen-bond acceptors (Lipinski definition) is 7. The topological polar surface area (TPSA) is 126 Å². The van der Waals surface area contributed by atoms with Gasteiger partial charge in [0.2, 0.25) is 0 Å². The summed E-state index contributed by atoms with van der Waals surface area (Å²) in [6, 6.07) is 2.51. The Morgan fingerprint density at radius 2 is 2.09 bits per heavy atom. The summed E-state index contributed by atoms with van der Waals surface area (Å²) in [6.07, 6.45) is -3.67. The Hall–Kier alpha value is -3.38. The number of likely N-dealkylation sites (N-methyl/N-ethyl adjacent to an activating group) is 1. The molecule has 0 saturated heterocycles. The number of aliphatic carboxylic acids is 1. The van der Waals surface area contributed by atoms with Gasteiger partial charge in [-0.15, -0.1) is 0 Å². The summed E-state index contributed by atoms with van der Waals surface area (Å²) in [5, 5.41) is 20.6. The molecule has 194 valence electrons. The first-order valence-electron chi connectivity index (χ1n) is 11.2. The highest BCUT2D eigenvalue weighted by atomic mass is 19.4. The Kier molecular flexibility index (Phi) is 10.3. The summed E-state index contributed by atoms with van der Waals surface area (Å²) in [6.45, 7) is 5.70. The quantitative estimate of drug-likeness (QED) is 0.336. The van der Waals surface area contributed by atoms with Gasteiger partial charge >= 0.3 is 18.2 Å². The molecule has 0 radical (unpaired) electrons. The van der Waals surface area contributed by atoms with Crippen LogP contribution in [0.25, 0.3) is 0 Å². The zero-order chi connectivity index (χ0) is 26.0. The van der Waals surface area contributed by atoms with Crippen molar-refractivity contribution in [2.24, 2.45) is 16.3 Å². The number of alkyl halides is 3. The van der Waals surface area contributed by atoms with E-state index in [4.69, 9.17) is 9.47 Å². The van der Waals surface area contributed by atoms with Crippen LogP contribution >= 0.6 is 0 Å². The zero-order valence-electron chi connectivity index (χ0n) is 19.7. The van der Waals surface area contributed by atoms with Gasteiger partial charge in [-0.05, 0) is 44.2 Å². The molecule has 0 spiro atoms. The fourth-order valence-electron chi connectivity index (χ4n) is 3.33. The summed E-state index contributed by atoms with van der Waals surface area (Å²) >= 11 is 0. The number of ether oxygens (including phenoxy) is 2. The Labute approximate surface area is 201 Å². The third kappa shape index (κ3) is 9.06. The number of carboxylic acid groups (broad SMARTS) is 1. The molecule has 0 bridgehead atoms. The molecule has 10 nitrogen and oxygen atoms in total. The second kappa shape index (κ2) is 12.9. The molecule has 1 aromatic rings. The van der Waals surface area contributed by atoms with Crippen LogP contribution < -0.4 is 10.1 Å². The van der Waals surface area contributed by atoms with Crippen LogP contribution in [0.1, 0.15) is 50.4 Å². The number of alkyl carbamates (subject to hydrolysis) is 1. The largest absolute Gasteiger partial charge is 0.488 e. The molecule has 35 heavy (non-hydrogen) atoms. The number of carbonyl (C=O) groups is 2.